The van der Waals surface area contributed by atoms with E-state index >= 15 is 0 Å². The van der Waals surface area contributed by atoms with Crippen LogP contribution in [0.3, 0.4) is 0 Å². The lowest BCUT2D eigenvalue weighted by Crippen LogP contribution is -2.42. The third-order valence-electron chi connectivity index (χ3n) is 7.64. The average Bonchev–Trinajstić information content (AvgIpc) is 3.40. The first-order valence-electron chi connectivity index (χ1n) is 11.8. The van der Waals surface area contributed by atoms with Gasteiger partial charge in [0, 0.05) is 11.6 Å². The number of hydrogen-bond donors (Lipinski definition) is 0. The smallest absolute Gasteiger partial charge is 0.238 e. The molecule has 3 atom stereocenters. The van der Waals surface area contributed by atoms with Gasteiger partial charge in [0.15, 0.2) is 0 Å². The van der Waals surface area contributed by atoms with Crippen LogP contribution in [0.4, 0.5) is 5.69 Å². The van der Waals surface area contributed by atoms with Gasteiger partial charge < -0.3 is 4.90 Å². The fourth-order valence-corrected chi connectivity index (χ4v) is 6.19. The van der Waals surface area contributed by atoms with Crippen LogP contribution in [0.15, 0.2) is 115 Å². The van der Waals surface area contributed by atoms with Gasteiger partial charge in [-0.1, -0.05) is 109 Å². The molecule has 2 heteroatoms. The molecule has 1 amide bonds. The summed E-state index contributed by atoms with van der Waals surface area (Å²) in [5.74, 6) is 0.753. The number of rotatable bonds is 4. The van der Waals surface area contributed by atoms with Gasteiger partial charge >= 0.3 is 0 Å². The van der Waals surface area contributed by atoms with E-state index in [0.29, 0.717) is 12.5 Å². The van der Waals surface area contributed by atoms with Gasteiger partial charge in [-0.25, -0.2) is 0 Å². The molecule has 0 bridgehead atoms. The van der Waals surface area contributed by atoms with Crippen LogP contribution in [-0.2, 0) is 16.8 Å². The summed E-state index contributed by atoms with van der Waals surface area (Å²) in [6.07, 6.45) is 1.82. The molecular weight excluding hydrogens is 402 g/mol. The Morgan fingerprint density at radius 3 is 1.97 bits per heavy atom. The van der Waals surface area contributed by atoms with E-state index < -0.39 is 5.41 Å². The number of nitrogens with zero attached hydrogens (tertiary/aromatic N) is 1. The van der Waals surface area contributed by atoms with E-state index in [4.69, 9.17) is 0 Å². The highest BCUT2D eigenvalue weighted by Gasteiger charge is 2.60. The van der Waals surface area contributed by atoms with Crippen molar-refractivity contribution < 1.29 is 4.79 Å². The van der Waals surface area contributed by atoms with Gasteiger partial charge in [0.1, 0.15) is 0 Å². The molecule has 2 nitrogen and oxygen atoms in total. The minimum absolute atomic E-state index is 0.151. The van der Waals surface area contributed by atoms with Crippen molar-refractivity contribution in [2.24, 2.45) is 0 Å². The standard InChI is InChI=1S/C31H27NO/c33-30-31(27-18-10-11-19-29(27)32(30)22-23-12-4-1-5-13-23)21-26(24-14-6-2-7-15-24)20-28(31)25-16-8-3-9-17-25/h1-19,26,28H,20-22H2/t26-,28-,31+/m1/s1. The lowest BCUT2D eigenvalue weighted by molar-refractivity contribution is -0.123. The van der Waals surface area contributed by atoms with Crippen LogP contribution >= 0.6 is 0 Å². The summed E-state index contributed by atoms with van der Waals surface area (Å²) in [4.78, 5) is 16.5. The monoisotopic (exact) mass is 429 g/mol. The largest absolute Gasteiger partial charge is 0.307 e. The lowest BCUT2D eigenvalue weighted by atomic mass is 9.70. The molecule has 0 saturated heterocycles. The summed E-state index contributed by atoms with van der Waals surface area (Å²) in [7, 11) is 0. The molecule has 0 unspecified atom stereocenters. The molecule has 1 spiro atoms. The Kier molecular flexibility index (Phi) is 4.87. The number of anilines is 1. The van der Waals surface area contributed by atoms with E-state index in [0.717, 1.165) is 24.1 Å². The van der Waals surface area contributed by atoms with Crippen molar-refractivity contribution in [3.8, 4) is 0 Å². The molecule has 33 heavy (non-hydrogen) atoms. The molecule has 1 saturated carbocycles. The molecular formula is C31H27NO. The maximum Gasteiger partial charge on any atom is 0.238 e. The van der Waals surface area contributed by atoms with Gasteiger partial charge in [-0.3, -0.25) is 4.79 Å². The summed E-state index contributed by atoms with van der Waals surface area (Å²) in [6, 6.07) is 40.2. The van der Waals surface area contributed by atoms with E-state index in [1.54, 1.807) is 0 Å². The molecule has 0 aromatic heterocycles. The number of fused-ring (bicyclic) bond motifs is 2. The van der Waals surface area contributed by atoms with Crippen LogP contribution in [0.1, 0.15) is 46.9 Å². The molecule has 0 radical (unpaired) electrons. The summed E-state index contributed by atoms with van der Waals surface area (Å²) in [5.41, 5.74) is 5.49. The predicted molar refractivity (Wildman–Crippen MR) is 133 cm³/mol. The normalized spacial score (nSPS) is 23.8. The van der Waals surface area contributed by atoms with Crippen LogP contribution < -0.4 is 4.90 Å². The van der Waals surface area contributed by atoms with E-state index in [-0.39, 0.29) is 11.8 Å². The topological polar surface area (TPSA) is 20.3 Å². The van der Waals surface area contributed by atoms with Crippen LogP contribution in [0.2, 0.25) is 0 Å². The third kappa shape index (κ3) is 3.21. The first-order chi connectivity index (χ1) is 16.3. The van der Waals surface area contributed by atoms with Crippen LogP contribution in [0, 0.1) is 0 Å². The maximum atomic E-state index is 14.5. The molecule has 1 aliphatic heterocycles. The van der Waals surface area contributed by atoms with Gasteiger partial charge in [0.2, 0.25) is 5.91 Å². The molecule has 4 aromatic rings. The molecule has 4 aromatic carbocycles. The first kappa shape index (κ1) is 20.0. The molecule has 2 aliphatic rings. The van der Waals surface area contributed by atoms with Crippen molar-refractivity contribution >= 4 is 11.6 Å². The first-order valence-corrected chi connectivity index (χ1v) is 11.8. The SMILES string of the molecule is O=C1N(Cc2ccccc2)c2ccccc2[C@]12C[C@H](c1ccccc1)C[C@@H]2c1ccccc1. The van der Waals surface area contributed by atoms with Gasteiger partial charge in [-0.05, 0) is 47.1 Å². The number of para-hydroxylation sites is 1. The van der Waals surface area contributed by atoms with Gasteiger partial charge in [-0.15, -0.1) is 0 Å². The Labute approximate surface area is 195 Å². The lowest BCUT2D eigenvalue weighted by Gasteiger charge is -2.31. The zero-order chi connectivity index (χ0) is 22.3. The minimum atomic E-state index is -0.534. The molecule has 0 N–H and O–H groups in total. The summed E-state index contributed by atoms with van der Waals surface area (Å²) < 4.78 is 0. The van der Waals surface area contributed by atoms with Crippen molar-refractivity contribution in [1.29, 1.82) is 0 Å². The van der Waals surface area contributed by atoms with Crippen molar-refractivity contribution in [3.05, 3.63) is 138 Å². The number of benzene rings is 4. The molecule has 1 heterocycles. The molecule has 1 fully saturated rings. The Morgan fingerprint density at radius 2 is 1.27 bits per heavy atom. The van der Waals surface area contributed by atoms with Crippen LogP contribution in [-0.4, -0.2) is 5.91 Å². The summed E-state index contributed by atoms with van der Waals surface area (Å²) >= 11 is 0. The second-order valence-electron chi connectivity index (χ2n) is 9.38. The van der Waals surface area contributed by atoms with Crippen LogP contribution in [0.5, 0.6) is 0 Å². The van der Waals surface area contributed by atoms with E-state index in [1.165, 1.54) is 16.7 Å². The van der Waals surface area contributed by atoms with Crippen molar-refractivity contribution in [1.82, 2.24) is 0 Å². The maximum absolute atomic E-state index is 14.5. The van der Waals surface area contributed by atoms with Crippen LogP contribution in [0.25, 0.3) is 0 Å². The third-order valence-corrected chi connectivity index (χ3v) is 7.64. The Hall–Kier alpha value is -3.65. The summed E-state index contributed by atoms with van der Waals surface area (Å²) in [5, 5.41) is 0. The highest BCUT2D eigenvalue weighted by Crippen LogP contribution is 2.62. The molecule has 1 aliphatic carbocycles. The summed E-state index contributed by atoms with van der Waals surface area (Å²) in [6.45, 7) is 0.607. The quantitative estimate of drug-likeness (QED) is 0.348. The van der Waals surface area contributed by atoms with Gasteiger partial charge in [-0.2, -0.15) is 0 Å². The second-order valence-corrected chi connectivity index (χ2v) is 9.38. The minimum Gasteiger partial charge on any atom is -0.307 e. The second kappa shape index (κ2) is 8.04. The zero-order valence-corrected chi connectivity index (χ0v) is 18.6. The zero-order valence-electron chi connectivity index (χ0n) is 18.6. The number of hydrogen-bond acceptors (Lipinski definition) is 1. The number of amides is 1. The molecule has 6 rings (SSSR count). The number of carbonyl (C=O) groups excluding carboxylic acids is 1. The van der Waals surface area contributed by atoms with Crippen molar-refractivity contribution in [2.45, 2.75) is 36.6 Å². The van der Waals surface area contributed by atoms with Gasteiger partial charge in [0.25, 0.3) is 0 Å². The Bertz CT molecular complexity index is 1270. The highest BCUT2D eigenvalue weighted by molar-refractivity contribution is 6.09. The van der Waals surface area contributed by atoms with Gasteiger partial charge in [0.05, 0.1) is 12.0 Å². The fraction of sp³-hybridized carbons (Fsp3) is 0.194. The van der Waals surface area contributed by atoms with E-state index in [2.05, 4.69) is 97.1 Å². The Morgan fingerprint density at radius 1 is 0.697 bits per heavy atom. The van der Waals surface area contributed by atoms with E-state index in [1.807, 2.05) is 23.1 Å². The predicted octanol–water partition coefficient (Wildman–Crippen LogP) is 6.83. The van der Waals surface area contributed by atoms with Crippen molar-refractivity contribution in [3.63, 3.8) is 0 Å². The highest BCUT2D eigenvalue weighted by atomic mass is 16.2. The fourth-order valence-electron chi connectivity index (χ4n) is 6.19. The van der Waals surface area contributed by atoms with Crippen molar-refractivity contribution in [2.75, 3.05) is 4.90 Å². The number of carbonyl (C=O) groups is 1. The molecule has 162 valence electrons. The Balaban J connectivity index is 1.50. The van der Waals surface area contributed by atoms with E-state index in [9.17, 15) is 4.79 Å². The average molecular weight is 430 g/mol.